The molecule has 4 aliphatic rings. The second-order valence-corrected chi connectivity index (χ2v) is 8.27. The van der Waals surface area contributed by atoms with Crippen molar-refractivity contribution in [1.29, 1.82) is 0 Å². The number of non-ortho nitro benzene ring substituents is 1. The number of benzene rings is 1. The Balaban J connectivity index is 1.42. The number of ether oxygens (including phenoxy) is 1. The zero-order valence-corrected chi connectivity index (χ0v) is 14.7. The van der Waals surface area contributed by atoms with Crippen LogP contribution < -0.4 is 5.43 Å². The Morgan fingerprint density at radius 3 is 2.74 bits per heavy atom. The van der Waals surface area contributed by atoms with E-state index in [0.29, 0.717) is 11.5 Å². The molecule has 0 radical (unpaired) electrons. The van der Waals surface area contributed by atoms with E-state index in [1.165, 1.54) is 37.8 Å². The van der Waals surface area contributed by atoms with Crippen LogP contribution in [0.15, 0.2) is 23.3 Å². The van der Waals surface area contributed by atoms with Crippen LogP contribution in [0.1, 0.15) is 44.9 Å². The molecule has 0 unspecified atom stereocenters. The number of nitro groups is 2. The van der Waals surface area contributed by atoms with Crippen LogP contribution in [0.3, 0.4) is 0 Å². The Morgan fingerprint density at radius 1 is 1.15 bits per heavy atom. The summed E-state index contributed by atoms with van der Waals surface area (Å²) in [7, 11) is 0. The molecule has 142 valence electrons. The molecule has 1 aromatic carbocycles. The zero-order chi connectivity index (χ0) is 18.8. The van der Waals surface area contributed by atoms with Gasteiger partial charge in [0.15, 0.2) is 0 Å². The van der Waals surface area contributed by atoms with Crippen molar-refractivity contribution in [3.8, 4) is 0 Å². The van der Waals surface area contributed by atoms with Crippen molar-refractivity contribution in [2.45, 2.75) is 57.2 Å². The van der Waals surface area contributed by atoms with E-state index in [1.54, 1.807) is 0 Å². The number of rotatable bonds is 4. The molecule has 0 amide bonds. The van der Waals surface area contributed by atoms with E-state index >= 15 is 0 Å². The molecule has 4 fully saturated rings. The van der Waals surface area contributed by atoms with Crippen LogP contribution in [0.25, 0.3) is 0 Å². The average Bonchev–Trinajstić information content (AvgIpc) is 2.78. The molecule has 27 heavy (non-hydrogen) atoms. The fourth-order valence-electron chi connectivity index (χ4n) is 5.97. The van der Waals surface area contributed by atoms with E-state index in [-0.39, 0.29) is 28.6 Å². The first-order valence-electron chi connectivity index (χ1n) is 9.35. The lowest BCUT2D eigenvalue weighted by Gasteiger charge is -2.64. The zero-order valence-electron chi connectivity index (χ0n) is 14.7. The molecule has 1 aromatic rings. The van der Waals surface area contributed by atoms with Gasteiger partial charge >= 0.3 is 5.69 Å². The van der Waals surface area contributed by atoms with Gasteiger partial charge in [-0.25, -0.2) is 0 Å². The summed E-state index contributed by atoms with van der Waals surface area (Å²) in [6.07, 6.45) is 8.25. The molecule has 0 aromatic heterocycles. The SMILES string of the molecule is O=[N+]([O-])c1ccc(N/N=C2/C[C@@]34CCCC[C@@]35C[C@H]2O[C@@H]5C4)c([N+](=O)[O-])c1. The third-order valence-electron chi connectivity index (χ3n) is 7.26. The summed E-state index contributed by atoms with van der Waals surface area (Å²) in [5.41, 5.74) is 3.80. The lowest BCUT2D eigenvalue weighted by Crippen LogP contribution is -2.62. The minimum Gasteiger partial charge on any atom is -0.368 e. The topological polar surface area (TPSA) is 120 Å². The van der Waals surface area contributed by atoms with Gasteiger partial charge in [-0.2, -0.15) is 5.10 Å². The molecule has 1 spiro atoms. The number of nitro benzene ring substituents is 2. The van der Waals surface area contributed by atoms with Crippen molar-refractivity contribution < 1.29 is 14.6 Å². The number of hydrogen-bond donors (Lipinski definition) is 1. The number of anilines is 1. The standard InChI is InChI=1S/C18H20N4O5/c23-21(24)11-3-4-12(14(7-11)22(25)26)19-20-13-8-17-5-1-2-6-18(17)9-15(13)27-16(18)10-17/h3-4,7,15-16,19H,1-2,5-6,8-10H2/b20-13-/t15-,16-,17-,18+/m1/s1. The van der Waals surface area contributed by atoms with Gasteiger partial charge in [-0.05, 0) is 43.6 Å². The van der Waals surface area contributed by atoms with Crippen molar-refractivity contribution >= 4 is 22.8 Å². The van der Waals surface area contributed by atoms with Crippen LogP contribution in [-0.2, 0) is 4.74 Å². The highest BCUT2D eigenvalue weighted by molar-refractivity contribution is 5.92. The van der Waals surface area contributed by atoms with Crippen LogP contribution in [0.5, 0.6) is 0 Å². The highest BCUT2D eigenvalue weighted by Gasteiger charge is 2.73. The Labute approximate surface area is 155 Å². The van der Waals surface area contributed by atoms with E-state index < -0.39 is 9.85 Å². The third-order valence-corrected chi connectivity index (χ3v) is 7.26. The molecular weight excluding hydrogens is 352 g/mol. The average molecular weight is 372 g/mol. The largest absolute Gasteiger partial charge is 0.368 e. The summed E-state index contributed by atoms with van der Waals surface area (Å²) in [5.74, 6) is 0. The van der Waals surface area contributed by atoms with Crippen LogP contribution in [0.4, 0.5) is 17.1 Å². The first-order chi connectivity index (χ1) is 12.9. The Hall–Kier alpha value is -2.55. The van der Waals surface area contributed by atoms with Crippen molar-refractivity contribution in [1.82, 2.24) is 0 Å². The van der Waals surface area contributed by atoms with Crippen molar-refractivity contribution in [3.05, 3.63) is 38.4 Å². The van der Waals surface area contributed by atoms with Gasteiger partial charge in [0, 0.05) is 11.5 Å². The van der Waals surface area contributed by atoms with E-state index in [2.05, 4.69) is 10.5 Å². The first-order valence-corrected chi connectivity index (χ1v) is 9.35. The molecule has 3 saturated carbocycles. The maximum absolute atomic E-state index is 11.3. The summed E-state index contributed by atoms with van der Waals surface area (Å²) < 4.78 is 6.24. The molecule has 3 aliphatic carbocycles. The monoisotopic (exact) mass is 372 g/mol. The van der Waals surface area contributed by atoms with E-state index in [4.69, 9.17) is 4.74 Å². The normalized spacial score (nSPS) is 37.4. The minimum absolute atomic E-state index is 0.0201. The second-order valence-electron chi connectivity index (χ2n) is 8.27. The van der Waals surface area contributed by atoms with E-state index in [9.17, 15) is 20.2 Å². The quantitative estimate of drug-likeness (QED) is 0.634. The summed E-state index contributed by atoms with van der Waals surface area (Å²) in [4.78, 5) is 20.9. The fourth-order valence-corrected chi connectivity index (χ4v) is 5.97. The first kappa shape index (κ1) is 16.6. The number of hydrazone groups is 1. The van der Waals surface area contributed by atoms with Gasteiger partial charge in [-0.15, -0.1) is 0 Å². The second kappa shape index (κ2) is 5.48. The van der Waals surface area contributed by atoms with Crippen LogP contribution >= 0.6 is 0 Å². The Bertz CT molecular complexity index is 887. The highest BCUT2D eigenvalue weighted by Crippen LogP contribution is 2.74. The predicted molar refractivity (Wildman–Crippen MR) is 96.7 cm³/mol. The highest BCUT2D eigenvalue weighted by atomic mass is 16.6. The molecule has 5 rings (SSSR count). The maximum atomic E-state index is 11.3. The predicted octanol–water partition coefficient (Wildman–Crippen LogP) is 3.78. The van der Waals surface area contributed by atoms with E-state index in [0.717, 1.165) is 31.0 Å². The number of nitrogens with one attached hydrogen (secondary N) is 1. The molecule has 1 aliphatic heterocycles. The van der Waals surface area contributed by atoms with Crippen molar-refractivity contribution in [3.63, 3.8) is 0 Å². The summed E-state index contributed by atoms with van der Waals surface area (Å²) in [5, 5.41) is 26.6. The van der Waals surface area contributed by atoms with Crippen molar-refractivity contribution in [2.75, 3.05) is 5.43 Å². The van der Waals surface area contributed by atoms with Gasteiger partial charge < -0.3 is 4.74 Å². The van der Waals surface area contributed by atoms with Gasteiger partial charge in [-0.3, -0.25) is 25.7 Å². The summed E-state index contributed by atoms with van der Waals surface area (Å²) in [6, 6.07) is 3.53. The molecule has 1 heterocycles. The summed E-state index contributed by atoms with van der Waals surface area (Å²) in [6.45, 7) is 0. The van der Waals surface area contributed by atoms with Crippen LogP contribution in [0, 0.1) is 31.1 Å². The third kappa shape index (κ3) is 2.17. The van der Waals surface area contributed by atoms with Crippen LogP contribution in [-0.4, -0.2) is 27.8 Å². The molecule has 9 heteroatoms. The molecule has 1 saturated heterocycles. The molecule has 2 bridgehead atoms. The molecule has 9 nitrogen and oxygen atoms in total. The molecule has 4 atom stereocenters. The van der Waals surface area contributed by atoms with Gasteiger partial charge in [0.1, 0.15) is 5.69 Å². The number of fused-ring (bicyclic) bond motifs is 1. The maximum Gasteiger partial charge on any atom is 0.301 e. The van der Waals surface area contributed by atoms with Gasteiger partial charge in [0.05, 0.1) is 33.8 Å². The van der Waals surface area contributed by atoms with E-state index in [1.807, 2.05) is 0 Å². The van der Waals surface area contributed by atoms with Crippen molar-refractivity contribution in [2.24, 2.45) is 15.9 Å². The number of nitrogens with zero attached hydrogens (tertiary/aromatic N) is 3. The summed E-state index contributed by atoms with van der Waals surface area (Å²) >= 11 is 0. The Morgan fingerprint density at radius 2 is 1.96 bits per heavy atom. The molecule has 1 N–H and O–H groups in total. The minimum atomic E-state index is -0.648. The fraction of sp³-hybridized carbons (Fsp3) is 0.611. The Kier molecular flexibility index (Phi) is 3.37. The lowest BCUT2D eigenvalue weighted by molar-refractivity contribution is -0.393. The number of hydrogen-bond acceptors (Lipinski definition) is 7. The van der Waals surface area contributed by atoms with Gasteiger partial charge in [0.2, 0.25) is 0 Å². The van der Waals surface area contributed by atoms with Crippen LogP contribution in [0.2, 0.25) is 0 Å². The lowest BCUT2D eigenvalue weighted by atomic mass is 9.39. The van der Waals surface area contributed by atoms with Gasteiger partial charge in [-0.1, -0.05) is 12.8 Å². The van der Waals surface area contributed by atoms with Gasteiger partial charge in [0.25, 0.3) is 5.69 Å². The molecular formula is C18H20N4O5. The smallest absolute Gasteiger partial charge is 0.301 e.